The van der Waals surface area contributed by atoms with Crippen molar-refractivity contribution in [2.75, 3.05) is 18.6 Å². The van der Waals surface area contributed by atoms with Crippen LogP contribution < -0.4 is 9.64 Å². The Morgan fingerprint density at radius 2 is 1.87 bits per heavy atom. The molecular formula is C19H19NO3. The van der Waals surface area contributed by atoms with Gasteiger partial charge in [-0.1, -0.05) is 12.1 Å². The Balaban J connectivity index is 1.76. The maximum absolute atomic E-state index is 12.6. The van der Waals surface area contributed by atoms with Crippen LogP contribution in [0.5, 0.6) is 5.75 Å². The van der Waals surface area contributed by atoms with Gasteiger partial charge in [-0.05, 0) is 54.8 Å². The van der Waals surface area contributed by atoms with E-state index in [1.807, 2.05) is 41.3 Å². The highest BCUT2D eigenvalue weighted by Crippen LogP contribution is 2.29. The van der Waals surface area contributed by atoms with Crippen LogP contribution in [0.3, 0.4) is 0 Å². The summed E-state index contributed by atoms with van der Waals surface area (Å²) in [5, 5.41) is 0. The molecule has 0 atom stereocenters. The van der Waals surface area contributed by atoms with Crippen molar-refractivity contribution in [1.29, 1.82) is 0 Å². The third-order valence-corrected chi connectivity index (χ3v) is 4.20. The van der Waals surface area contributed by atoms with E-state index in [9.17, 15) is 9.59 Å². The van der Waals surface area contributed by atoms with Gasteiger partial charge in [0.05, 0.1) is 13.5 Å². The number of hydrogen-bond acceptors (Lipinski definition) is 3. The van der Waals surface area contributed by atoms with Crippen molar-refractivity contribution in [2.24, 2.45) is 0 Å². The van der Waals surface area contributed by atoms with Crippen molar-refractivity contribution < 1.29 is 14.3 Å². The Hall–Kier alpha value is -2.62. The second-order valence-electron chi connectivity index (χ2n) is 5.72. The van der Waals surface area contributed by atoms with Crippen molar-refractivity contribution >= 4 is 17.4 Å². The van der Waals surface area contributed by atoms with E-state index in [-0.39, 0.29) is 11.7 Å². The highest BCUT2D eigenvalue weighted by molar-refractivity contribution is 5.99. The standard InChI is InChI=1S/C19H19NO3/c1-13(21)15-5-8-18-16(12-15)9-10-20(18)19(22)11-14-3-6-17(23-2)7-4-14/h3-8,12H,9-11H2,1-2H3. The fraction of sp³-hybridized carbons (Fsp3) is 0.263. The molecule has 1 amide bonds. The zero-order chi connectivity index (χ0) is 16.4. The summed E-state index contributed by atoms with van der Waals surface area (Å²) in [5.41, 5.74) is 3.66. The number of Topliss-reactive ketones (excluding diaryl/α,β-unsaturated/α-hetero) is 1. The van der Waals surface area contributed by atoms with Gasteiger partial charge in [0.15, 0.2) is 5.78 Å². The monoisotopic (exact) mass is 309 g/mol. The quantitative estimate of drug-likeness (QED) is 0.816. The van der Waals surface area contributed by atoms with Gasteiger partial charge in [-0.2, -0.15) is 0 Å². The zero-order valence-electron chi connectivity index (χ0n) is 13.3. The van der Waals surface area contributed by atoms with Crippen molar-refractivity contribution in [3.63, 3.8) is 0 Å². The van der Waals surface area contributed by atoms with Crippen LogP contribution in [0.15, 0.2) is 42.5 Å². The van der Waals surface area contributed by atoms with Crippen LogP contribution in [0, 0.1) is 0 Å². The first kappa shape index (κ1) is 15.3. The first-order valence-electron chi connectivity index (χ1n) is 7.65. The number of nitrogens with zero attached hydrogens (tertiary/aromatic N) is 1. The average molecular weight is 309 g/mol. The molecule has 0 spiro atoms. The van der Waals surface area contributed by atoms with Crippen molar-refractivity contribution in [2.45, 2.75) is 19.8 Å². The molecular weight excluding hydrogens is 290 g/mol. The van der Waals surface area contributed by atoms with Gasteiger partial charge in [-0.15, -0.1) is 0 Å². The van der Waals surface area contributed by atoms with Crippen LogP contribution in [0.4, 0.5) is 5.69 Å². The molecule has 0 bridgehead atoms. The lowest BCUT2D eigenvalue weighted by atomic mass is 10.1. The molecule has 0 aliphatic carbocycles. The maximum atomic E-state index is 12.6. The molecule has 0 aromatic heterocycles. The van der Waals surface area contributed by atoms with E-state index in [1.54, 1.807) is 20.1 Å². The molecule has 4 heteroatoms. The summed E-state index contributed by atoms with van der Waals surface area (Å²) >= 11 is 0. The van der Waals surface area contributed by atoms with Crippen LogP contribution in [0.25, 0.3) is 0 Å². The Morgan fingerprint density at radius 1 is 1.13 bits per heavy atom. The van der Waals surface area contributed by atoms with Crippen molar-refractivity contribution in [3.8, 4) is 5.75 Å². The number of carbonyl (C=O) groups is 2. The molecule has 0 unspecified atom stereocenters. The second-order valence-corrected chi connectivity index (χ2v) is 5.72. The summed E-state index contributed by atoms with van der Waals surface area (Å²) in [6.45, 7) is 2.23. The number of ketones is 1. The second kappa shape index (κ2) is 6.24. The predicted molar refractivity (Wildman–Crippen MR) is 89.2 cm³/mol. The van der Waals surface area contributed by atoms with Crippen molar-refractivity contribution in [3.05, 3.63) is 59.2 Å². The van der Waals surface area contributed by atoms with Crippen LogP contribution in [-0.4, -0.2) is 25.3 Å². The first-order valence-corrected chi connectivity index (χ1v) is 7.65. The number of rotatable bonds is 4. The molecule has 0 radical (unpaired) electrons. The molecule has 0 saturated heterocycles. The lowest BCUT2D eigenvalue weighted by Crippen LogP contribution is -2.30. The number of fused-ring (bicyclic) bond motifs is 1. The minimum Gasteiger partial charge on any atom is -0.497 e. The molecule has 118 valence electrons. The summed E-state index contributed by atoms with van der Waals surface area (Å²) in [6, 6.07) is 13.1. The van der Waals surface area contributed by atoms with Gasteiger partial charge in [0, 0.05) is 17.8 Å². The topological polar surface area (TPSA) is 46.6 Å². The van der Waals surface area contributed by atoms with Gasteiger partial charge in [0.25, 0.3) is 0 Å². The molecule has 4 nitrogen and oxygen atoms in total. The maximum Gasteiger partial charge on any atom is 0.231 e. The lowest BCUT2D eigenvalue weighted by Gasteiger charge is -2.17. The van der Waals surface area contributed by atoms with E-state index >= 15 is 0 Å². The van der Waals surface area contributed by atoms with Gasteiger partial charge in [-0.25, -0.2) is 0 Å². The molecule has 0 fully saturated rings. The van der Waals surface area contributed by atoms with Gasteiger partial charge in [0.2, 0.25) is 5.91 Å². The molecule has 2 aromatic rings. The Morgan fingerprint density at radius 3 is 2.52 bits per heavy atom. The normalized spacial score (nSPS) is 12.9. The molecule has 23 heavy (non-hydrogen) atoms. The number of ether oxygens (including phenoxy) is 1. The summed E-state index contributed by atoms with van der Waals surface area (Å²) < 4.78 is 5.13. The van der Waals surface area contributed by atoms with Crippen LogP contribution in [0.1, 0.15) is 28.4 Å². The third-order valence-electron chi connectivity index (χ3n) is 4.20. The molecule has 3 rings (SSSR count). The Kier molecular flexibility index (Phi) is 4.15. The number of hydrogen-bond donors (Lipinski definition) is 0. The summed E-state index contributed by atoms with van der Waals surface area (Å²) in [7, 11) is 1.62. The lowest BCUT2D eigenvalue weighted by molar-refractivity contribution is -0.117. The van der Waals surface area contributed by atoms with Crippen molar-refractivity contribution in [1.82, 2.24) is 0 Å². The smallest absolute Gasteiger partial charge is 0.231 e. The highest BCUT2D eigenvalue weighted by Gasteiger charge is 2.25. The van der Waals surface area contributed by atoms with E-state index in [0.717, 1.165) is 29.0 Å². The summed E-state index contributed by atoms with van der Waals surface area (Å²) in [6.07, 6.45) is 1.16. The average Bonchev–Trinajstić information content (AvgIpc) is 2.98. The van der Waals surface area contributed by atoms with Gasteiger partial charge < -0.3 is 9.64 Å². The fourth-order valence-electron chi connectivity index (χ4n) is 2.89. The van der Waals surface area contributed by atoms with Crippen LogP contribution in [0.2, 0.25) is 0 Å². The Labute approximate surface area is 135 Å². The first-order chi connectivity index (χ1) is 11.1. The van der Waals surface area contributed by atoms with Gasteiger partial charge in [0.1, 0.15) is 5.75 Å². The van der Waals surface area contributed by atoms with E-state index in [0.29, 0.717) is 18.5 Å². The van der Waals surface area contributed by atoms with E-state index < -0.39 is 0 Å². The summed E-state index contributed by atoms with van der Waals surface area (Å²) in [5.74, 6) is 0.907. The predicted octanol–water partition coefficient (Wildman–Crippen LogP) is 3.03. The third kappa shape index (κ3) is 3.11. The van der Waals surface area contributed by atoms with Gasteiger partial charge in [-0.3, -0.25) is 9.59 Å². The molecule has 0 saturated carbocycles. The minimum atomic E-state index is 0.0517. The van der Waals surface area contributed by atoms with E-state index in [4.69, 9.17) is 4.74 Å². The number of anilines is 1. The number of benzene rings is 2. The van der Waals surface area contributed by atoms with Crippen LogP contribution in [-0.2, 0) is 17.6 Å². The SMILES string of the molecule is COc1ccc(CC(=O)N2CCc3cc(C(C)=O)ccc32)cc1. The number of carbonyl (C=O) groups excluding carboxylic acids is 2. The highest BCUT2D eigenvalue weighted by atomic mass is 16.5. The number of amides is 1. The minimum absolute atomic E-state index is 0.0517. The molecule has 1 heterocycles. The molecule has 2 aromatic carbocycles. The van der Waals surface area contributed by atoms with Gasteiger partial charge >= 0.3 is 0 Å². The molecule has 0 N–H and O–H groups in total. The van der Waals surface area contributed by atoms with E-state index in [2.05, 4.69) is 0 Å². The largest absolute Gasteiger partial charge is 0.497 e. The molecule has 1 aliphatic heterocycles. The fourth-order valence-corrected chi connectivity index (χ4v) is 2.89. The number of methoxy groups -OCH3 is 1. The molecule has 1 aliphatic rings. The van der Waals surface area contributed by atoms with Crippen LogP contribution >= 0.6 is 0 Å². The summed E-state index contributed by atoms with van der Waals surface area (Å²) in [4.78, 5) is 25.9. The Bertz CT molecular complexity index is 750. The van der Waals surface area contributed by atoms with E-state index in [1.165, 1.54) is 0 Å². The zero-order valence-corrected chi connectivity index (χ0v) is 13.3.